The molecular weight excluding hydrogens is 260 g/mol. The first kappa shape index (κ1) is 12.2. The van der Waals surface area contributed by atoms with E-state index in [1.165, 1.54) is 11.1 Å². The Kier molecular flexibility index (Phi) is 2.74. The van der Waals surface area contributed by atoms with E-state index < -0.39 is 0 Å². The van der Waals surface area contributed by atoms with Crippen LogP contribution in [0.4, 0.5) is 0 Å². The summed E-state index contributed by atoms with van der Waals surface area (Å²) in [5.74, 6) is 1.07. The maximum Gasteiger partial charge on any atom is 0.231 e. The fourth-order valence-electron chi connectivity index (χ4n) is 2.88. The van der Waals surface area contributed by atoms with Crippen LogP contribution in [0, 0.1) is 0 Å². The van der Waals surface area contributed by atoms with Gasteiger partial charge in [-0.3, -0.25) is 4.79 Å². The first-order valence-electron chi connectivity index (χ1n) is 7.10. The summed E-state index contributed by atoms with van der Waals surface area (Å²) >= 11 is 0. The number of ether oxygens (including phenoxy) is 1. The average molecular weight is 274 g/mol. The van der Waals surface area contributed by atoms with E-state index in [2.05, 4.69) is 30.3 Å². The van der Waals surface area contributed by atoms with Crippen molar-refractivity contribution in [3.05, 3.63) is 88.7 Å². The number of fused-ring (bicyclic) bond motifs is 2. The van der Waals surface area contributed by atoms with Gasteiger partial charge in [0.1, 0.15) is 5.75 Å². The van der Waals surface area contributed by atoms with E-state index in [0.29, 0.717) is 17.1 Å². The van der Waals surface area contributed by atoms with Gasteiger partial charge < -0.3 is 4.74 Å². The number of carbonyl (C=O) groups is 1. The van der Waals surface area contributed by atoms with Gasteiger partial charge in [-0.1, -0.05) is 42.5 Å². The van der Waals surface area contributed by atoms with E-state index in [1.807, 2.05) is 30.3 Å². The molecular formula is C19H14O2. The molecule has 102 valence electrons. The Hall–Kier alpha value is -2.61. The first-order chi connectivity index (χ1) is 10.3. The molecule has 0 saturated carbocycles. The third-order valence-electron chi connectivity index (χ3n) is 3.99. The molecule has 2 heteroatoms. The number of hydrogen-bond donors (Lipinski definition) is 0. The fourth-order valence-corrected chi connectivity index (χ4v) is 2.88. The second kappa shape index (κ2) is 4.74. The monoisotopic (exact) mass is 274 g/mol. The van der Waals surface area contributed by atoms with Crippen LogP contribution in [0.15, 0.2) is 72.0 Å². The summed E-state index contributed by atoms with van der Waals surface area (Å²) in [4.78, 5) is 12.3. The zero-order valence-corrected chi connectivity index (χ0v) is 11.5. The molecule has 2 aromatic carbocycles. The van der Waals surface area contributed by atoms with E-state index in [0.717, 1.165) is 18.4 Å². The number of carbonyl (C=O) groups excluding carboxylic acids is 1. The maximum atomic E-state index is 12.3. The van der Waals surface area contributed by atoms with Crippen molar-refractivity contribution in [2.45, 2.75) is 12.8 Å². The highest BCUT2D eigenvalue weighted by Gasteiger charge is 2.27. The Morgan fingerprint density at radius 1 is 0.952 bits per heavy atom. The van der Waals surface area contributed by atoms with Crippen LogP contribution >= 0.6 is 0 Å². The lowest BCUT2D eigenvalue weighted by Gasteiger charge is -2.14. The summed E-state index contributed by atoms with van der Waals surface area (Å²) in [6.07, 6.45) is 5.83. The Labute approximate surface area is 123 Å². The number of para-hydroxylation sites is 1. The van der Waals surface area contributed by atoms with Crippen molar-refractivity contribution in [2.24, 2.45) is 0 Å². The van der Waals surface area contributed by atoms with Gasteiger partial charge in [0.2, 0.25) is 5.78 Å². The molecule has 0 unspecified atom stereocenters. The minimum absolute atomic E-state index is 0.0228. The molecule has 4 rings (SSSR count). The van der Waals surface area contributed by atoms with Crippen LogP contribution in [0.1, 0.15) is 21.5 Å². The standard InChI is InChI=1S/C19H14O2/c20-19-16-7-3-4-8-17(16)21-18(19)12-13-9-10-14-5-1-2-6-15(14)11-13/h1-9,12H,10-11H2/b18-12-. The highest BCUT2D eigenvalue weighted by atomic mass is 16.5. The maximum absolute atomic E-state index is 12.3. The predicted octanol–water partition coefficient (Wildman–Crippen LogP) is 3.87. The Bertz CT molecular complexity index is 797. The van der Waals surface area contributed by atoms with Crippen molar-refractivity contribution < 1.29 is 9.53 Å². The Morgan fingerprint density at radius 2 is 1.71 bits per heavy atom. The molecule has 0 aromatic heterocycles. The van der Waals surface area contributed by atoms with Gasteiger partial charge in [-0.05, 0) is 47.8 Å². The number of Topliss-reactive ketones (excluding diaryl/α,β-unsaturated/α-hetero) is 1. The van der Waals surface area contributed by atoms with E-state index in [1.54, 1.807) is 0 Å². The fraction of sp³-hybridized carbons (Fsp3) is 0.105. The van der Waals surface area contributed by atoms with Gasteiger partial charge in [0.15, 0.2) is 5.76 Å². The lowest BCUT2D eigenvalue weighted by Crippen LogP contribution is -2.04. The van der Waals surface area contributed by atoms with Gasteiger partial charge in [0.05, 0.1) is 5.56 Å². The SMILES string of the molecule is O=C1/C(=C/C2=CCc3ccccc3C2)Oc2ccccc21. The zero-order chi connectivity index (χ0) is 14.2. The van der Waals surface area contributed by atoms with E-state index in [4.69, 9.17) is 4.74 Å². The van der Waals surface area contributed by atoms with Gasteiger partial charge in [0.25, 0.3) is 0 Å². The summed E-state index contributed by atoms with van der Waals surface area (Å²) < 4.78 is 5.68. The summed E-state index contributed by atoms with van der Waals surface area (Å²) in [7, 11) is 0. The average Bonchev–Trinajstić information content (AvgIpc) is 2.84. The molecule has 0 bridgehead atoms. The van der Waals surface area contributed by atoms with Crippen LogP contribution in [-0.2, 0) is 12.8 Å². The summed E-state index contributed by atoms with van der Waals surface area (Å²) in [6.45, 7) is 0. The molecule has 2 nitrogen and oxygen atoms in total. The number of rotatable bonds is 1. The van der Waals surface area contributed by atoms with Crippen molar-refractivity contribution in [1.82, 2.24) is 0 Å². The third-order valence-corrected chi connectivity index (χ3v) is 3.99. The molecule has 0 fully saturated rings. The van der Waals surface area contributed by atoms with Gasteiger partial charge in [0, 0.05) is 0 Å². The molecule has 0 spiro atoms. The topological polar surface area (TPSA) is 26.3 Å². The largest absolute Gasteiger partial charge is 0.452 e. The van der Waals surface area contributed by atoms with Crippen LogP contribution < -0.4 is 4.74 Å². The zero-order valence-electron chi connectivity index (χ0n) is 11.5. The van der Waals surface area contributed by atoms with Crippen LogP contribution in [0.2, 0.25) is 0 Å². The van der Waals surface area contributed by atoms with Crippen molar-refractivity contribution in [2.75, 3.05) is 0 Å². The highest BCUT2D eigenvalue weighted by Crippen LogP contribution is 2.32. The quantitative estimate of drug-likeness (QED) is 0.738. The van der Waals surface area contributed by atoms with Gasteiger partial charge in [-0.2, -0.15) is 0 Å². The lowest BCUT2D eigenvalue weighted by atomic mass is 9.91. The molecule has 0 N–H and O–H groups in total. The molecule has 0 atom stereocenters. The van der Waals surface area contributed by atoms with E-state index >= 15 is 0 Å². The van der Waals surface area contributed by atoms with Crippen LogP contribution in [0.5, 0.6) is 5.75 Å². The van der Waals surface area contributed by atoms with Gasteiger partial charge in [-0.15, -0.1) is 0 Å². The number of hydrogen-bond acceptors (Lipinski definition) is 2. The van der Waals surface area contributed by atoms with Crippen LogP contribution in [0.3, 0.4) is 0 Å². The van der Waals surface area contributed by atoms with E-state index in [-0.39, 0.29) is 5.78 Å². The lowest BCUT2D eigenvalue weighted by molar-refractivity contribution is 0.101. The number of benzene rings is 2. The molecule has 2 aromatic rings. The van der Waals surface area contributed by atoms with Crippen molar-refractivity contribution in [1.29, 1.82) is 0 Å². The Balaban J connectivity index is 1.63. The molecule has 0 saturated heterocycles. The molecule has 2 aliphatic rings. The number of allylic oxidation sites excluding steroid dienone is 4. The minimum Gasteiger partial charge on any atom is -0.452 e. The minimum atomic E-state index is -0.0228. The van der Waals surface area contributed by atoms with Crippen molar-refractivity contribution in [3.63, 3.8) is 0 Å². The third kappa shape index (κ3) is 2.09. The second-order valence-corrected chi connectivity index (χ2v) is 5.36. The molecule has 1 aliphatic carbocycles. The smallest absolute Gasteiger partial charge is 0.231 e. The normalized spacial score (nSPS) is 18.0. The molecule has 0 amide bonds. The molecule has 1 aliphatic heterocycles. The molecule has 0 radical (unpaired) electrons. The highest BCUT2D eigenvalue weighted by molar-refractivity contribution is 6.12. The number of ketones is 1. The predicted molar refractivity (Wildman–Crippen MR) is 81.4 cm³/mol. The van der Waals surface area contributed by atoms with Crippen LogP contribution in [-0.4, -0.2) is 5.78 Å². The van der Waals surface area contributed by atoms with Crippen molar-refractivity contribution in [3.8, 4) is 5.75 Å². The molecule has 1 heterocycles. The first-order valence-corrected chi connectivity index (χ1v) is 7.10. The molecule has 21 heavy (non-hydrogen) atoms. The summed E-state index contributed by atoms with van der Waals surface area (Å²) in [5.41, 5.74) is 4.49. The summed E-state index contributed by atoms with van der Waals surface area (Å²) in [6, 6.07) is 15.8. The van der Waals surface area contributed by atoms with Gasteiger partial charge in [-0.25, -0.2) is 0 Å². The van der Waals surface area contributed by atoms with Gasteiger partial charge >= 0.3 is 0 Å². The summed E-state index contributed by atoms with van der Waals surface area (Å²) in [5, 5.41) is 0. The van der Waals surface area contributed by atoms with Crippen LogP contribution in [0.25, 0.3) is 0 Å². The second-order valence-electron chi connectivity index (χ2n) is 5.36. The van der Waals surface area contributed by atoms with E-state index in [9.17, 15) is 4.79 Å². The Morgan fingerprint density at radius 3 is 2.57 bits per heavy atom. The van der Waals surface area contributed by atoms with Crippen molar-refractivity contribution >= 4 is 5.78 Å².